The molecular formula is C19H16N2O. The van der Waals surface area contributed by atoms with Crippen molar-refractivity contribution in [1.82, 2.24) is 9.55 Å². The van der Waals surface area contributed by atoms with Gasteiger partial charge < -0.3 is 0 Å². The zero-order valence-electron chi connectivity index (χ0n) is 12.6. The number of rotatable bonds is 1. The molecule has 0 fully saturated rings. The van der Waals surface area contributed by atoms with Gasteiger partial charge in [0, 0.05) is 24.1 Å². The summed E-state index contributed by atoms with van der Waals surface area (Å²) in [5, 5.41) is 0. The van der Waals surface area contributed by atoms with Gasteiger partial charge in [-0.3, -0.25) is 4.57 Å². The summed E-state index contributed by atoms with van der Waals surface area (Å²) in [6, 6.07) is 18.3. The van der Waals surface area contributed by atoms with Gasteiger partial charge in [0.25, 0.3) is 0 Å². The van der Waals surface area contributed by atoms with Crippen molar-refractivity contribution in [3.63, 3.8) is 0 Å². The monoisotopic (exact) mass is 288 g/mol. The van der Waals surface area contributed by atoms with Crippen LogP contribution in [0, 0.1) is 0 Å². The van der Waals surface area contributed by atoms with Crippen LogP contribution in [-0.4, -0.2) is 9.55 Å². The average Bonchev–Trinajstić information content (AvgIpc) is 2.83. The Kier molecular flexibility index (Phi) is 2.76. The van der Waals surface area contributed by atoms with E-state index in [4.69, 9.17) is 0 Å². The number of nitrogens with zero attached hydrogens (tertiary/aromatic N) is 2. The Balaban J connectivity index is 2.11. The first-order valence-corrected chi connectivity index (χ1v) is 7.44. The number of fused-ring (bicyclic) bond motifs is 3. The molecule has 1 atom stereocenters. The van der Waals surface area contributed by atoms with E-state index in [1.807, 2.05) is 42.5 Å². The molecule has 108 valence electrons. The van der Waals surface area contributed by atoms with Crippen molar-refractivity contribution < 1.29 is 0 Å². The summed E-state index contributed by atoms with van der Waals surface area (Å²) in [5.74, 6) is 0.237. The summed E-state index contributed by atoms with van der Waals surface area (Å²) >= 11 is 0. The Hall–Kier alpha value is -2.68. The number of hydrogen-bond acceptors (Lipinski definition) is 2. The summed E-state index contributed by atoms with van der Waals surface area (Å²) in [5.41, 5.74) is 6.13. The topological polar surface area (TPSA) is 34.9 Å². The maximum absolute atomic E-state index is 12.3. The highest BCUT2D eigenvalue weighted by Crippen LogP contribution is 2.46. The van der Waals surface area contributed by atoms with Crippen LogP contribution in [0.4, 0.5) is 0 Å². The minimum atomic E-state index is -0.207. The van der Waals surface area contributed by atoms with Gasteiger partial charge in [-0.1, -0.05) is 61.5 Å². The molecule has 3 aromatic rings. The van der Waals surface area contributed by atoms with Crippen LogP contribution >= 0.6 is 0 Å². The maximum Gasteiger partial charge on any atom is 0.348 e. The van der Waals surface area contributed by atoms with Gasteiger partial charge in [-0.05, 0) is 11.1 Å². The minimum absolute atomic E-state index is 0.207. The van der Waals surface area contributed by atoms with Crippen LogP contribution in [0.2, 0.25) is 0 Å². The van der Waals surface area contributed by atoms with Crippen LogP contribution in [0.5, 0.6) is 0 Å². The molecule has 0 saturated carbocycles. The molecule has 2 aromatic carbocycles. The van der Waals surface area contributed by atoms with Gasteiger partial charge in [0.15, 0.2) is 0 Å². The van der Waals surface area contributed by atoms with E-state index in [1.165, 1.54) is 5.56 Å². The van der Waals surface area contributed by atoms with Crippen LogP contribution in [0.15, 0.2) is 59.4 Å². The Morgan fingerprint density at radius 2 is 1.68 bits per heavy atom. The lowest BCUT2D eigenvalue weighted by Crippen LogP contribution is -2.23. The smallest absolute Gasteiger partial charge is 0.295 e. The molecule has 1 unspecified atom stereocenters. The van der Waals surface area contributed by atoms with Crippen LogP contribution in [0.3, 0.4) is 0 Å². The molecule has 1 aliphatic carbocycles. The molecule has 1 aliphatic rings. The lowest BCUT2D eigenvalue weighted by molar-refractivity contribution is 0.798. The summed E-state index contributed by atoms with van der Waals surface area (Å²) in [4.78, 5) is 16.7. The van der Waals surface area contributed by atoms with Crippen molar-refractivity contribution in [2.24, 2.45) is 7.05 Å². The highest BCUT2D eigenvalue weighted by molar-refractivity contribution is 5.82. The molecule has 0 amide bonds. The molecule has 3 heteroatoms. The van der Waals surface area contributed by atoms with Crippen LogP contribution < -0.4 is 5.69 Å². The van der Waals surface area contributed by atoms with Crippen molar-refractivity contribution in [3.05, 3.63) is 76.2 Å². The van der Waals surface area contributed by atoms with Gasteiger partial charge in [0.2, 0.25) is 0 Å². The molecular weight excluding hydrogens is 272 g/mol. The molecule has 0 aliphatic heterocycles. The zero-order chi connectivity index (χ0) is 15.3. The third-order valence-electron chi connectivity index (χ3n) is 4.50. The van der Waals surface area contributed by atoms with Gasteiger partial charge in [0.1, 0.15) is 0 Å². The second-order valence-corrected chi connectivity index (χ2v) is 5.74. The summed E-state index contributed by atoms with van der Waals surface area (Å²) in [6.07, 6.45) is 0. The first kappa shape index (κ1) is 13.0. The Labute approximate surface area is 128 Å². The van der Waals surface area contributed by atoms with E-state index in [1.54, 1.807) is 11.6 Å². The van der Waals surface area contributed by atoms with Gasteiger partial charge in [-0.2, -0.15) is 4.98 Å². The van der Waals surface area contributed by atoms with Gasteiger partial charge >= 0.3 is 5.69 Å². The number of hydrogen-bond donors (Lipinski definition) is 0. The van der Waals surface area contributed by atoms with Crippen molar-refractivity contribution in [1.29, 1.82) is 0 Å². The second kappa shape index (κ2) is 4.67. The standard InChI is InChI=1S/C19H16N2O/c1-12-14-10-6-7-11-15(14)17-16(12)18(21(2)19(22)20-17)13-8-4-3-5-9-13/h3-12H,1-2H3. The van der Waals surface area contributed by atoms with Crippen molar-refractivity contribution in [2.45, 2.75) is 12.8 Å². The van der Waals surface area contributed by atoms with Crippen molar-refractivity contribution in [3.8, 4) is 22.5 Å². The first-order valence-electron chi connectivity index (χ1n) is 7.44. The highest BCUT2D eigenvalue weighted by atomic mass is 16.1. The van der Waals surface area contributed by atoms with Crippen LogP contribution in [-0.2, 0) is 7.05 Å². The molecule has 3 nitrogen and oxygen atoms in total. The number of benzene rings is 2. The number of aromatic nitrogens is 2. The Morgan fingerprint density at radius 1 is 1.00 bits per heavy atom. The molecule has 0 N–H and O–H groups in total. The van der Waals surface area contributed by atoms with E-state index < -0.39 is 0 Å². The molecule has 22 heavy (non-hydrogen) atoms. The fourth-order valence-corrected chi connectivity index (χ4v) is 3.43. The maximum atomic E-state index is 12.3. The molecule has 0 spiro atoms. The van der Waals surface area contributed by atoms with Gasteiger partial charge in [-0.25, -0.2) is 4.79 Å². The third kappa shape index (κ3) is 1.69. The molecule has 1 aromatic heterocycles. The fraction of sp³-hybridized carbons (Fsp3) is 0.158. The summed E-state index contributed by atoms with van der Waals surface area (Å²) in [6.45, 7) is 2.18. The molecule has 0 saturated heterocycles. The normalized spacial score (nSPS) is 15.5. The van der Waals surface area contributed by atoms with Gasteiger partial charge in [0.05, 0.1) is 11.4 Å². The second-order valence-electron chi connectivity index (χ2n) is 5.74. The lowest BCUT2D eigenvalue weighted by Gasteiger charge is -2.16. The average molecular weight is 288 g/mol. The highest BCUT2D eigenvalue weighted by Gasteiger charge is 2.31. The molecule has 1 heterocycles. The SMILES string of the molecule is CC1c2ccccc2-c2nc(=O)n(C)c(-c3ccccc3)c21. The predicted octanol–water partition coefficient (Wildman–Crippen LogP) is 3.58. The van der Waals surface area contributed by atoms with E-state index in [9.17, 15) is 4.79 Å². The third-order valence-corrected chi connectivity index (χ3v) is 4.50. The lowest BCUT2D eigenvalue weighted by atomic mass is 9.95. The van der Waals surface area contributed by atoms with Gasteiger partial charge in [-0.15, -0.1) is 0 Å². The van der Waals surface area contributed by atoms with Crippen molar-refractivity contribution >= 4 is 0 Å². The molecule has 4 rings (SSSR count). The Morgan fingerprint density at radius 3 is 2.45 bits per heavy atom. The summed E-state index contributed by atoms with van der Waals surface area (Å²) < 4.78 is 1.66. The largest absolute Gasteiger partial charge is 0.348 e. The fourth-order valence-electron chi connectivity index (χ4n) is 3.43. The van der Waals surface area contributed by atoms with E-state index in [0.29, 0.717) is 0 Å². The van der Waals surface area contributed by atoms with E-state index in [0.717, 1.165) is 28.1 Å². The molecule has 0 radical (unpaired) electrons. The van der Waals surface area contributed by atoms with Crippen LogP contribution in [0.1, 0.15) is 24.0 Å². The first-order chi connectivity index (χ1) is 10.7. The quantitative estimate of drug-likeness (QED) is 0.686. The van der Waals surface area contributed by atoms with Crippen LogP contribution in [0.25, 0.3) is 22.5 Å². The van der Waals surface area contributed by atoms with E-state index in [2.05, 4.69) is 24.0 Å². The van der Waals surface area contributed by atoms with E-state index in [-0.39, 0.29) is 11.6 Å². The van der Waals surface area contributed by atoms with E-state index >= 15 is 0 Å². The zero-order valence-corrected chi connectivity index (χ0v) is 12.6. The summed E-state index contributed by atoms with van der Waals surface area (Å²) in [7, 11) is 1.80. The molecule has 0 bridgehead atoms. The predicted molar refractivity (Wildman–Crippen MR) is 87.9 cm³/mol. The Bertz CT molecular complexity index is 926. The van der Waals surface area contributed by atoms with Crippen molar-refractivity contribution in [2.75, 3.05) is 0 Å². The minimum Gasteiger partial charge on any atom is -0.295 e.